The maximum atomic E-state index is 12.4. The number of aromatic nitrogens is 1. The third-order valence-electron chi connectivity index (χ3n) is 5.24. The molecule has 0 fully saturated rings. The van der Waals surface area contributed by atoms with E-state index < -0.39 is 0 Å². The van der Waals surface area contributed by atoms with Crippen LogP contribution < -0.4 is 15.0 Å². The molecule has 5 nitrogen and oxygen atoms in total. The first kappa shape index (κ1) is 18.2. The van der Waals surface area contributed by atoms with Gasteiger partial charge in [-0.1, -0.05) is 37.6 Å². The molecule has 2 heterocycles. The monoisotopic (exact) mass is 353 g/mol. The van der Waals surface area contributed by atoms with E-state index in [0.717, 1.165) is 23.5 Å². The molecule has 1 amide bonds. The number of hydrogen-bond acceptors (Lipinski definition) is 4. The van der Waals surface area contributed by atoms with Crippen molar-refractivity contribution < 1.29 is 9.53 Å². The van der Waals surface area contributed by atoms with Crippen molar-refractivity contribution >= 4 is 17.4 Å². The number of carbonyl (C=O) groups is 1. The van der Waals surface area contributed by atoms with E-state index in [1.54, 1.807) is 14.0 Å². The van der Waals surface area contributed by atoms with Gasteiger partial charge in [-0.3, -0.25) is 4.79 Å². The second kappa shape index (κ2) is 7.36. The molecule has 0 spiro atoms. The van der Waals surface area contributed by atoms with E-state index in [1.807, 2.05) is 23.1 Å². The summed E-state index contributed by atoms with van der Waals surface area (Å²) < 4.78 is 5.25. The molecule has 0 aliphatic carbocycles. The second-order valence-electron chi connectivity index (χ2n) is 6.97. The van der Waals surface area contributed by atoms with Crippen LogP contribution in [0.4, 0.5) is 11.5 Å². The van der Waals surface area contributed by atoms with Crippen molar-refractivity contribution in [3.05, 3.63) is 47.5 Å². The van der Waals surface area contributed by atoms with Crippen LogP contribution in [0.1, 0.15) is 44.4 Å². The van der Waals surface area contributed by atoms with Crippen molar-refractivity contribution in [3.8, 4) is 5.88 Å². The zero-order valence-electron chi connectivity index (χ0n) is 16.1. The minimum atomic E-state index is 0.0741. The van der Waals surface area contributed by atoms with Crippen molar-refractivity contribution in [1.29, 1.82) is 0 Å². The van der Waals surface area contributed by atoms with Crippen LogP contribution in [-0.2, 0) is 4.79 Å². The number of rotatable bonds is 4. The van der Waals surface area contributed by atoms with E-state index in [-0.39, 0.29) is 23.9 Å². The third kappa shape index (κ3) is 3.26. The molecule has 3 rings (SSSR count). The summed E-state index contributed by atoms with van der Waals surface area (Å²) in [5.74, 6) is 1.69. The molecule has 5 heteroatoms. The maximum absolute atomic E-state index is 12.4. The molecule has 0 saturated heterocycles. The van der Waals surface area contributed by atoms with Crippen molar-refractivity contribution in [2.45, 2.75) is 46.2 Å². The van der Waals surface area contributed by atoms with Crippen LogP contribution in [0.15, 0.2) is 36.4 Å². The summed E-state index contributed by atoms with van der Waals surface area (Å²) in [6.07, 6.45) is 0.901. The number of carbonyl (C=O) groups excluding carboxylic acids is 1. The minimum absolute atomic E-state index is 0.0741. The molecule has 0 saturated carbocycles. The predicted octanol–water partition coefficient (Wildman–Crippen LogP) is 4.33. The van der Waals surface area contributed by atoms with Crippen LogP contribution in [0.2, 0.25) is 0 Å². The fourth-order valence-electron chi connectivity index (χ4n) is 4.00. The number of nitrogens with one attached hydrogen (secondary N) is 1. The lowest BCUT2D eigenvalue weighted by Crippen LogP contribution is -2.49. The third-order valence-corrected chi connectivity index (χ3v) is 5.24. The van der Waals surface area contributed by atoms with Gasteiger partial charge in [-0.15, -0.1) is 0 Å². The molecule has 138 valence electrons. The van der Waals surface area contributed by atoms with Gasteiger partial charge in [0.25, 0.3) is 0 Å². The number of methoxy groups -OCH3 is 1. The Morgan fingerprint density at radius 2 is 2.08 bits per heavy atom. The lowest BCUT2D eigenvalue weighted by molar-refractivity contribution is -0.117. The van der Waals surface area contributed by atoms with Crippen LogP contribution >= 0.6 is 0 Å². The Bertz CT molecular complexity index is 806. The highest BCUT2D eigenvalue weighted by Gasteiger charge is 2.39. The number of pyridine rings is 1. The molecule has 1 aromatic heterocycles. The maximum Gasteiger partial charge on any atom is 0.224 e. The van der Waals surface area contributed by atoms with E-state index in [9.17, 15) is 4.79 Å². The number of fused-ring (bicyclic) bond motifs is 1. The first-order valence-corrected chi connectivity index (χ1v) is 9.14. The molecular formula is C21H27N3O2. The Morgan fingerprint density at radius 3 is 2.73 bits per heavy atom. The fourth-order valence-corrected chi connectivity index (χ4v) is 4.00. The van der Waals surface area contributed by atoms with Crippen molar-refractivity contribution in [2.24, 2.45) is 5.92 Å². The highest BCUT2D eigenvalue weighted by Crippen LogP contribution is 2.43. The summed E-state index contributed by atoms with van der Waals surface area (Å²) in [6, 6.07) is 12.2. The van der Waals surface area contributed by atoms with Crippen molar-refractivity contribution in [1.82, 2.24) is 4.98 Å². The molecule has 1 N–H and O–H groups in total. The van der Waals surface area contributed by atoms with Gasteiger partial charge in [0.1, 0.15) is 5.82 Å². The number of aryl methyl sites for hydroxylation is 1. The normalized spacial score (nSPS) is 21.9. The SMILES string of the molecule is CCC1[C@H](C)C(Nc2cccc(OC)n2)c2cc(C)ccc2N1C(C)=O. The molecule has 3 atom stereocenters. The summed E-state index contributed by atoms with van der Waals surface area (Å²) in [5.41, 5.74) is 3.32. The van der Waals surface area contributed by atoms with E-state index in [4.69, 9.17) is 4.74 Å². The fraction of sp³-hybridized carbons (Fsp3) is 0.429. The molecule has 1 aliphatic heterocycles. The number of amides is 1. The van der Waals surface area contributed by atoms with Crippen LogP contribution in [0, 0.1) is 12.8 Å². The quantitative estimate of drug-likeness (QED) is 0.889. The summed E-state index contributed by atoms with van der Waals surface area (Å²) >= 11 is 0. The van der Waals surface area contributed by atoms with Gasteiger partial charge in [0.2, 0.25) is 11.8 Å². The Balaban J connectivity index is 2.07. The number of ether oxygens (including phenoxy) is 1. The highest BCUT2D eigenvalue weighted by molar-refractivity contribution is 5.94. The lowest BCUT2D eigenvalue weighted by atomic mass is 9.80. The van der Waals surface area contributed by atoms with Gasteiger partial charge < -0.3 is 15.0 Å². The van der Waals surface area contributed by atoms with Gasteiger partial charge in [-0.05, 0) is 31.0 Å². The van der Waals surface area contributed by atoms with Gasteiger partial charge in [0.15, 0.2) is 0 Å². The molecule has 2 unspecified atom stereocenters. The highest BCUT2D eigenvalue weighted by atomic mass is 16.5. The van der Waals surface area contributed by atoms with Crippen LogP contribution in [0.25, 0.3) is 0 Å². The summed E-state index contributed by atoms with van der Waals surface area (Å²) in [7, 11) is 1.62. The zero-order valence-corrected chi connectivity index (χ0v) is 16.1. The standard InChI is InChI=1S/C21H27N3O2/c1-6-17-14(3)21(23-19-8-7-9-20(22-19)26-5)16-12-13(2)10-11-18(16)24(17)15(4)25/h7-12,14,17,21H,6H2,1-5H3,(H,22,23)/t14-,17?,21?/m0/s1. The minimum Gasteiger partial charge on any atom is -0.481 e. The average Bonchev–Trinajstić information content (AvgIpc) is 2.63. The smallest absolute Gasteiger partial charge is 0.224 e. The Labute approximate surface area is 155 Å². The number of benzene rings is 1. The summed E-state index contributed by atoms with van der Waals surface area (Å²) in [6.45, 7) is 8.07. The van der Waals surface area contributed by atoms with Gasteiger partial charge in [0, 0.05) is 30.6 Å². The molecule has 1 aromatic carbocycles. The lowest BCUT2D eigenvalue weighted by Gasteiger charge is -2.45. The first-order chi connectivity index (χ1) is 12.5. The van der Waals surface area contributed by atoms with E-state index in [2.05, 4.69) is 49.3 Å². The molecule has 0 radical (unpaired) electrons. The number of hydrogen-bond donors (Lipinski definition) is 1. The Morgan fingerprint density at radius 1 is 1.31 bits per heavy atom. The van der Waals surface area contributed by atoms with Crippen molar-refractivity contribution in [3.63, 3.8) is 0 Å². The largest absolute Gasteiger partial charge is 0.481 e. The first-order valence-electron chi connectivity index (χ1n) is 9.14. The molecular weight excluding hydrogens is 326 g/mol. The molecule has 0 bridgehead atoms. The number of nitrogens with zero attached hydrogens (tertiary/aromatic N) is 2. The van der Waals surface area contributed by atoms with Crippen LogP contribution in [0.3, 0.4) is 0 Å². The van der Waals surface area contributed by atoms with Crippen molar-refractivity contribution in [2.75, 3.05) is 17.3 Å². The summed E-state index contributed by atoms with van der Waals surface area (Å²) in [5, 5.41) is 3.58. The van der Waals surface area contributed by atoms with Crippen LogP contribution in [0.5, 0.6) is 5.88 Å². The van der Waals surface area contributed by atoms with E-state index in [1.165, 1.54) is 5.56 Å². The molecule has 1 aliphatic rings. The van der Waals surface area contributed by atoms with Gasteiger partial charge >= 0.3 is 0 Å². The van der Waals surface area contributed by atoms with Gasteiger partial charge in [-0.25, -0.2) is 0 Å². The molecule has 2 aromatic rings. The number of anilines is 2. The second-order valence-corrected chi connectivity index (χ2v) is 6.97. The Kier molecular flexibility index (Phi) is 5.16. The van der Waals surface area contributed by atoms with E-state index >= 15 is 0 Å². The average molecular weight is 353 g/mol. The molecule has 26 heavy (non-hydrogen) atoms. The van der Waals surface area contributed by atoms with Gasteiger partial charge in [0.05, 0.1) is 13.2 Å². The van der Waals surface area contributed by atoms with Crippen LogP contribution in [-0.4, -0.2) is 24.0 Å². The summed E-state index contributed by atoms with van der Waals surface area (Å²) in [4.78, 5) is 18.8. The zero-order chi connectivity index (χ0) is 18.8. The topological polar surface area (TPSA) is 54.5 Å². The predicted molar refractivity (Wildman–Crippen MR) is 105 cm³/mol. The van der Waals surface area contributed by atoms with Gasteiger partial charge in [-0.2, -0.15) is 4.98 Å². The van der Waals surface area contributed by atoms with E-state index in [0.29, 0.717) is 5.88 Å². The Hall–Kier alpha value is -2.56.